The maximum Gasteiger partial charge on any atom is 0.224 e. The summed E-state index contributed by atoms with van der Waals surface area (Å²) in [5.41, 5.74) is 0.947. The summed E-state index contributed by atoms with van der Waals surface area (Å²) in [6.45, 7) is 1.99. The van der Waals surface area contributed by atoms with Gasteiger partial charge in [0, 0.05) is 5.92 Å². The molecule has 2 unspecified atom stereocenters. The molecular weight excluding hydrogens is 348 g/mol. The Bertz CT molecular complexity index is 744. The summed E-state index contributed by atoms with van der Waals surface area (Å²) < 4.78 is 24.3. The Kier molecular flexibility index (Phi) is 4.66. The molecule has 1 aromatic carbocycles. The van der Waals surface area contributed by atoms with Crippen LogP contribution in [0.5, 0.6) is 0 Å². The van der Waals surface area contributed by atoms with E-state index in [9.17, 15) is 13.2 Å². The predicted molar refractivity (Wildman–Crippen MR) is 93.9 cm³/mol. The standard InChI is InChI=1S/C17H22N2O3S.ClH/c20-16(13-11-17(13)6-8-18-9-7-17)19-14-5-10-23(21,22)15-4-2-1-3-12(14)15;/h1-4,13-14,18H,5-11H2,(H,19,20);1H. The average molecular weight is 371 g/mol. The molecule has 0 bridgehead atoms. The topological polar surface area (TPSA) is 75.3 Å². The van der Waals surface area contributed by atoms with Crippen LogP contribution in [0, 0.1) is 11.3 Å². The molecule has 1 spiro atoms. The van der Waals surface area contributed by atoms with Gasteiger partial charge in [-0.05, 0) is 55.8 Å². The molecule has 1 aliphatic carbocycles. The van der Waals surface area contributed by atoms with E-state index in [0.717, 1.165) is 37.9 Å². The maximum atomic E-state index is 12.6. The van der Waals surface area contributed by atoms with Crippen molar-refractivity contribution >= 4 is 28.2 Å². The molecule has 2 fully saturated rings. The molecule has 3 aliphatic rings. The van der Waals surface area contributed by atoms with Crippen LogP contribution >= 0.6 is 12.4 Å². The predicted octanol–water partition coefficient (Wildman–Crippen LogP) is 1.83. The van der Waals surface area contributed by atoms with Crippen molar-refractivity contribution in [2.75, 3.05) is 18.8 Å². The van der Waals surface area contributed by atoms with Crippen molar-refractivity contribution in [3.8, 4) is 0 Å². The SMILES string of the molecule is Cl.O=C(NC1CCS(=O)(=O)c2ccccc21)C1CC12CCNCC2. The molecular formula is C17H23ClN2O3S. The number of hydrogen-bond acceptors (Lipinski definition) is 4. The number of nitrogens with one attached hydrogen (secondary N) is 2. The minimum Gasteiger partial charge on any atom is -0.349 e. The molecule has 0 aromatic heterocycles. The molecule has 5 nitrogen and oxygen atoms in total. The van der Waals surface area contributed by atoms with E-state index in [4.69, 9.17) is 0 Å². The molecule has 2 N–H and O–H groups in total. The molecule has 0 radical (unpaired) electrons. The number of sulfone groups is 1. The highest BCUT2D eigenvalue weighted by Gasteiger charge is 2.57. The smallest absolute Gasteiger partial charge is 0.224 e. The fraction of sp³-hybridized carbons (Fsp3) is 0.588. The average Bonchev–Trinajstić information content (AvgIpc) is 3.24. The Morgan fingerprint density at radius 1 is 1.21 bits per heavy atom. The van der Waals surface area contributed by atoms with Crippen molar-refractivity contribution in [1.82, 2.24) is 10.6 Å². The third-order valence-electron chi connectivity index (χ3n) is 5.73. The van der Waals surface area contributed by atoms with Gasteiger partial charge in [-0.3, -0.25) is 4.79 Å². The van der Waals surface area contributed by atoms with E-state index in [1.165, 1.54) is 0 Å². The highest BCUT2D eigenvalue weighted by Crippen LogP contribution is 2.58. The molecule has 1 aromatic rings. The van der Waals surface area contributed by atoms with Gasteiger partial charge in [0.2, 0.25) is 5.91 Å². The van der Waals surface area contributed by atoms with E-state index >= 15 is 0 Å². The van der Waals surface area contributed by atoms with Gasteiger partial charge in [-0.15, -0.1) is 12.4 Å². The van der Waals surface area contributed by atoms with E-state index in [-0.39, 0.29) is 41.4 Å². The van der Waals surface area contributed by atoms with E-state index in [1.807, 2.05) is 12.1 Å². The van der Waals surface area contributed by atoms with Crippen molar-refractivity contribution in [2.24, 2.45) is 11.3 Å². The van der Waals surface area contributed by atoms with Gasteiger partial charge in [-0.25, -0.2) is 8.42 Å². The summed E-state index contributed by atoms with van der Waals surface area (Å²) in [6, 6.07) is 6.87. The van der Waals surface area contributed by atoms with Crippen LogP contribution in [0.25, 0.3) is 0 Å². The first kappa shape index (κ1) is 17.7. The highest BCUT2D eigenvalue weighted by atomic mass is 35.5. The summed E-state index contributed by atoms with van der Waals surface area (Å²) in [4.78, 5) is 13.0. The Labute approximate surface area is 148 Å². The number of piperidine rings is 1. The lowest BCUT2D eigenvalue weighted by Gasteiger charge is -2.27. The number of rotatable bonds is 2. The van der Waals surface area contributed by atoms with Crippen molar-refractivity contribution < 1.29 is 13.2 Å². The Morgan fingerprint density at radius 2 is 1.92 bits per heavy atom. The van der Waals surface area contributed by atoms with E-state index in [0.29, 0.717) is 11.3 Å². The van der Waals surface area contributed by atoms with Crippen LogP contribution in [-0.2, 0) is 14.6 Å². The summed E-state index contributed by atoms with van der Waals surface area (Å²) >= 11 is 0. The summed E-state index contributed by atoms with van der Waals surface area (Å²) in [5.74, 6) is 0.315. The molecule has 4 rings (SSSR count). The zero-order valence-electron chi connectivity index (χ0n) is 13.5. The number of amides is 1. The number of benzene rings is 1. The van der Waals surface area contributed by atoms with Crippen molar-refractivity contribution in [3.05, 3.63) is 29.8 Å². The second kappa shape index (κ2) is 6.32. The van der Waals surface area contributed by atoms with Crippen LogP contribution in [-0.4, -0.2) is 33.2 Å². The van der Waals surface area contributed by atoms with Crippen LogP contribution in [0.15, 0.2) is 29.2 Å². The van der Waals surface area contributed by atoms with Gasteiger partial charge in [0.1, 0.15) is 0 Å². The van der Waals surface area contributed by atoms with E-state index in [2.05, 4.69) is 10.6 Å². The van der Waals surface area contributed by atoms with Crippen LogP contribution in [0.1, 0.15) is 37.3 Å². The molecule has 24 heavy (non-hydrogen) atoms. The molecule has 1 amide bonds. The number of hydrogen-bond donors (Lipinski definition) is 2. The lowest BCUT2D eigenvalue weighted by atomic mass is 9.91. The Hall–Kier alpha value is -1.11. The molecule has 2 atom stereocenters. The van der Waals surface area contributed by atoms with Crippen LogP contribution in [0.4, 0.5) is 0 Å². The fourth-order valence-corrected chi connectivity index (χ4v) is 5.83. The third kappa shape index (κ3) is 2.95. The van der Waals surface area contributed by atoms with Crippen molar-refractivity contribution in [1.29, 1.82) is 0 Å². The quantitative estimate of drug-likeness (QED) is 0.832. The lowest BCUT2D eigenvalue weighted by molar-refractivity contribution is -0.124. The van der Waals surface area contributed by atoms with Crippen LogP contribution in [0.2, 0.25) is 0 Å². The number of carbonyl (C=O) groups excluding carboxylic acids is 1. The normalized spacial score (nSPS) is 29.2. The zero-order valence-corrected chi connectivity index (χ0v) is 15.1. The summed E-state index contributed by atoms with van der Waals surface area (Å²) in [7, 11) is -3.20. The number of carbonyl (C=O) groups is 1. The zero-order chi connectivity index (χ0) is 16.1. The van der Waals surface area contributed by atoms with Gasteiger partial charge < -0.3 is 10.6 Å². The molecule has 132 valence electrons. The van der Waals surface area contributed by atoms with Gasteiger partial charge in [0.25, 0.3) is 0 Å². The summed E-state index contributed by atoms with van der Waals surface area (Å²) in [6.07, 6.45) is 3.58. The van der Waals surface area contributed by atoms with Gasteiger partial charge in [0.05, 0.1) is 16.7 Å². The van der Waals surface area contributed by atoms with E-state index < -0.39 is 9.84 Å². The monoisotopic (exact) mass is 370 g/mol. The highest BCUT2D eigenvalue weighted by molar-refractivity contribution is 7.91. The number of fused-ring (bicyclic) bond motifs is 1. The van der Waals surface area contributed by atoms with Gasteiger partial charge >= 0.3 is 0 Å². The largest absolute Gasteiger partial charge is 0.349 e. The number of halogens is 1. The first-order chi connectivity index (χ1) is 11.0. The lowest BCUT2D eigenvalue weighted by Crippen LogP contribution is -2.37. The maximum absolute atomic E-state index is 12.6. The van der Waals surface area contributed by atoms with Gasteiger partial charge in [-0.1, -0.05) is 18.2 Å². The van der Waals surface area contributed by atoms with Crippen molar-refractivity contribution in [2.45, 2.75) is 36.6 Å². The minimum absolute atomic E-state index is 0. The second-order valence-electron chi connectivity index (χ2n) is 7.08. The molecule has 2 aliphatic heterocycles. The molecule has 1 saturated carbocycles. The Balaban J connectivity index is 0.00000169. The van der Waals surface area contributed by atoms with Crippen LogP contribution < -0.4 is 10.6 Å². The third-order valence-corrected chi connectivity index (χ3v) is 7.54. The van der Waals surface area contributed by atoms with Gasteiger partial charge in [0.15, 0.2) is 9.84 Å². The Morgan fingerprint density at radius 3 is 2.67 bits per heavy atom. The van der Waals surface area contributed by atoms with Crippen LogP contribution in [0.3, 0.4) is 0 Å². The first-order valence-electron chi connectivity index (χ1n) is 8.35. The molecule has 7 heteroatoms. The molecule has 1 saturated heterocycles. The molecule has 2 heterocycles. The summed E-state index contributed by atoms with van der Waals surface area (Å²) in [5, 5.41) is 6.47. The van der Waals surface area contributed by atoms with Crippen molar-refractivity contribution in [3.63, 3.8) is 0 Å². The first-order valence-corrected chi connectivity index (χ1v) is 10.00. The van der Waals surface area contributed by atoms with E-state index in [1.54, 1.807) is 12.1 Å². The second-order valence-corrected chi connectivity index (χ2v) is 9.15. The fourth-order valence-electron chi connectivity index (χ4n) is 4.21. The van der Waals surface area contributed by atoms with Gasteiger partial charge in [-0.2, -0.15) is 0 Å². The minimum atomic E-state index is -3.20.